The molecule has 0 spiro atoms. The van der Waals surface area contributed by atoms with Crippen LogP contribution in [0.2, 0.25) is 0 Å². The summed E-state index contributed by atoms with van der Waals surface area (Å²) in [6.45, 7) is 13.7. The van der Waals surface area contributed by atoms with Crippen LogP contribution in [0.1, 0.15) is 32.6 Å². The molecule has 50 heavy (non-hydrogen) atoms. The number of carbonyl (C=O) groups excluding carboxylic acids is 1. The summed E-state index contributed by atoms with van der Waals surface area (Å²) in [6.07, 6.45) is 3.49. The summed E-state index contributed by atoms with van der Waals surface area (Å²) >= 11 is 0. The van der Waals surface area contributed by atoms with Gasteiger partial charge in [-0.15, -0.1) is 0 Å². The van der Waals surface area contributed by atoms with Gasteiger partial charge in [-0.1, -0.05) is 38.0 Å². The smallest absolute Gasteiger partial charge is 0.305 e. The van der Waals surface area contributed by atoms with Crippen molar-refractivity contribution in [3.63, 3.8) is 0 Å². The highest BCUT2D eigenvalue weighted by Gasteiger charge is 2.02. The van der Waals surface area contributed by atoms with E-state index in [0.717, 1.165) is 25.0 Å². The van der Waals surface area contributed by atoms with E-state index in [0.29, 0.717) is 158 Å². The fourth-order valence-corrected chi connectivity index (χ4v) is 3.84. The van der Waals surface area contributed by atoms with E-state index in [1.807, 2.05) is 30.3 Å². The molecule has 0 atom stereocenters. The van der Waals surface area contributed by atoms with Gasteiger partial charge in [-0.3, -0.25) is 4.79 Å². The van der Waals surface area contributed by atoms with Crippen LogP contribution in [-0.4, -0.2) is 165 Å². The summed E-state index contributed by atoms with van der Waals surface area (Å²) in [5.41, 5.74) is 0. The highest BCUT2D eigenvalue weighted by molar-refractivity contribution is 5.69. The van der Waals surface area contributed by atoms with Crippen LogP contribution < -0.4 is 4.74 Å². The Morgan fingerprint density at radius 3 is 1.02 bits per heavy atom. The molecule has 292 valence electrons. The van der Waals surface area contributed by atoms with Crippen LogP contribution in [0, 0.1) is 0 Å². The van der Waals surface area contributed by atoms with Crippen LogP contribution in [0.5, 0.6) is 5.75 Å². The van der Waals surface area contributed by atoms with Crippen LogP contribution in [0.25, 0.3) is 0 Å². The maximum Gasteiger partial charge on any atom is 0.305 e. The van der Waals surface area contributed by atoms with Gasteiger partial charge in [0.15, 0.2) is 0 Å². The normalized spacial score (nSPS) is 11.3. The number of hydrogen-bond donors (Lipinski definition) is 0. The van der Waals surface area contributed by atoms with Gasteiger partial charge in [0.1, 0.15) is 19.0 Å². The van der Waals surface area contributed by atoms with E-state index >= 15 is 0 Å². The predicted octanol–water partition coefficient (Wildman–Crippen LogP) is 3.37. The van der Waals surface area contributed by atoms with Crippen LogP contribution in [0.3, 0.4) is 0 Å². The average molecular weight is 721 g/mol. The largest absolute Gasteiger partial charge is 0.491 e. The number of hydrogen-bond acceptors (Lipinski definition) is 14. The van der Waals surface area contributed by atoms with Crippen LogP contribution in [-0.2, 0) is 61.6 Å². The summed E-state index contributed by atoms with van der Waals surface area (Å²) in [5, 5.41) is 0. The van der Waals surface area contributed by atoms with Crippen molar-refractivity contribution in [1.29, 1.82) is 0 Å². The maximum absolute atomic E-state index is 11.5. The second-order valence-electron chi connectivity index (χ2n) is 10.6. The Hall–Kier alpha value is -1.95. The van der Waals surface area contributed by atoms with Gasteiger partial charge in [-0.2, -0.15) is 0 Å². The summed E-state index contributed by atoms with van der Waals surface area (Å²) in [7, 11) is 0. The summed E-state index contributed by atoms with van der Waals surface area (Å²) < 4.78 is 70.8. The lowest BCUT2D eigenvalue weighted by atomic mass is 10.2. The minimum absolute atomic E-state index is 0.160. The molecule has 1 aromatic carbocycles. The van der Waals surface area contributed by atoms with Gasteiger partial charge >= 0.3 is 5.97 Å². The Morgan fingerprint density at radius 1 is 0.400 bits per heavy atom. The van der Waals surface area contributed by atoms with Gasteiger partial charge in [0, 0.05) is 6.42 Å². The standard InChI is InChI=1S/C36H64O14/c1-2-3-5-10-36(37)50-34-32-48-30-28-46-26-24-44-22-20-42-18-16-40-14-12-38-11-13-39-15-17-41-19-21-43-23-25-45-27-29-47-31-33-49-35-8-6-4-7-9-35/h4,6-9H,2-3,5,10-34H2,1H3. The zero-order chi connectivity index (χ0) is 35.7. The molecule has 14 nitrogen and oxygen atoms in total. The molecule has 0 N–H and O–H groups in total. The van der Waals surface area contributed by atoms with Gasteiger partial charge in [-0.05, 0) is 18.6 Å². The van der Waals surface area contributed by atoms with Crippen LogP contribution in [0.15, 0.2) is 30.3 Å². The zero-order valence-corrected chi connectivity index (χ0v) is 30.4. The first-order chi connectivity index (χ1) is 24.8. The number of esters is 1. The van der Waals surface area contributed by atoms with Crippen molar-refractivity contribution in [2.24, 2.45) is 0 Å². The molecule has 0 aliphatic carbocycles. The lowest BCUT2D eigenvalue weighted by Crippen LogP contribution is -2.16. The fraction of sp³-hybridized carbons (Fsp3) is 0.806. The zero-order valence-electron chi connectivity index (χ0n) is 30.4. The molecular formula is C36H64O14. The third-order valence-electron chi connectivity index (χ3n) is 6.43. The summed E-state index contributed by atoms with van der Waals surface area (Å²) in [5.74, 6) is 0.681. The van der Waals surface area contributed by atoms with Gasteiger partial charge < -0.3 is 61.6 Å². The molecule has 0 saturated heterocycles. The number of carbonyl (C=O) groups is 1. The van der Waals surface area contributed by atoms with E-state index in [9.17, 15) is 4.79 Å². The van der Waals surface area contributed by atoms with Crippen molar-refractivity contribution >= 4 is 5.97 Å². The number of unbranched alkanes of at least 4 members (excludes halogenated alkanes) is 2. The first-order valence-corrected chi connectivity index (χ1v) is 18.0. The summed E-state index contributed by atoms with van der Waals surface area (Å²) in [6, 6.07) is 9.66. The first-order valence-electron chi connectivity index (χ1n) is 18.0. The van der Waals surface area contributed by atoms with Crippen molar-refractivity contribution in [3.8, 4) is 5.75 Å². The number of benzene rings is 1. The van der Waals surface area contributed by atoms with Crippen molar-refractivity contribution in [1.82, 2.24) is 0 Å². The Bertz CT molecular complexity index is 804. The predicted molar refractivity (Wildman–Crippen MR) is 186 cm³/mol. The molecule has 0 aromatic heterocycles. The molecule has 0 saturated carbocycles. The van der Waals surface area contributed by atoms with E-state index in [2.05, 4.69) is 6.92 Å². The second-order valence-corrected chi connectivity index (χ2v) is 10.6. The molecule has 0 fully saturated rings. The fourth-order valence-electron chi connectivity index (χ4n) is 3.84. The van der Waals surface area contributed by atoms with E-state index in [-0.39, 0.29) is 12.6 Å². The molecule has 0 aliphatic heterocycles. The van der Waals surface area contributed by atoms with E-state index < -0.39 is 0 Å². The van der Waals surface area contributed by atoms with Crippen molar-refractivity contribution < 1.29 is 66.4 Å². The molecule has 0 bridgehead atoms. The third kappa shape index (κ3) is 35.9. The SMILES string of the molecule is CCCCCC(=O)OCCOCCOCCOCCOCCOCCOCCOCCOCCOCCOCCOCCOc1ccccc1. The molecule has 14 heteroatoms. The molecular weight excluding hydrogens is 656 g/mol. The van der Waals surface area contributed by atoms with Crippen molar-refractivity contribution in [2.45, 2.75) is 32.6 Å². The topological polar surface area (TPSA) is 137 Å². The number of rotatable bonds is 41. The van der Waals surface area contributed by atoms with Crippen molar-refractivity contribution in [3.05, 3.63) is 30.3 Å². The minimum Gasteiger partial charge on any atom is -0.491 e. The van der Waals surface area contributed by atoms with Gasteiger partial charge in [-0.25, -0.2) is 0 Å². The third-order valence-corrected chi connectivity index (χ3v) is 6.43. The van der Waals surface area contributed by atoms with Gasteiger partial charge in [0.2, 0.25) is 0 Å². The molecule has 0 radical (unpaired) electrons. The molecule has 0 aliphatic rings. The Morgan fingerprint density at radius 2 is 0.700 bits per heavy atom. The minimum atomic E-state index is -0.160. The Kier molecular flexibility index (Phi) is 36.7. The van der Waals surface area contributed by atoms with E-state index in [4.69, 9.17) is 61.6 Å². The monoisotopic (exact) mass is 720 g/mol. The highest BCUT2D eigenvalue weighted by Crippen LogP contribution is 2.07. The van der Waals surface area contributed by atoms with E-state index in [1.165, 1.54) is 0 Å². The lowest BCUT2D eigenvalue weighted by molar-refractivity contribution is -0.145. The molecule has 1 aromatic rings. The second kappa shape index (κ2) is 39.8. The molecule has 0 amide bonds. The van der Waals surface area contributed by atoms with Crippen molar-refractivity contribution in [2.75, 3.05) is 159 Å². The quantitative estimate of drug-likeness (QED) is 0.0722. The maximum atomic E-state index is 11.5. The highest BCUT2D eigenvalue weighted by atomic mass is 16.6. The van der Waals surface area contributed by atoms with E-state index in [1.54, 1.807) is 0 Å². The molecule has 0 unspecified atom stereocenters. The Labute approximate surface area is 299 Å². The number of para-hydroxylation sites is 1. The Balaban J connectivity index is 1.62. The number of ether oxygens (including phenoxy) is 13. The van der Waals surface area contributed by atoms with Crippen LogP contribution >= 0.6 is 0 Å². The molecule has 0 heterocycles. The summed E-state index contributed by atoms with van der Waals surface area (Å²) in [4.78, 5) is 11.5. The van der Waals surface area contributed by atoms with Gasteiger partial charge in [0.25, 0.3) is 0 Å². The first kappa shape index (κ1) is 46.1. The molecule has 1 rings (SSSR count). The average Bonchev–Trinajstić information content (AvgIpc) is 3.13. The van der Waals surface area contributed by atoms with Gasteiger partial charge in [0.05, 0.1) is 145 Å². The lowest BCUT2D eigenvalue weighted by Gasteiger charge is -2.09. The van der Waals surface area contributed by atoms with Crippen LogP contribution in [0.4, 0.5) is 0 Å².